The van der Waals surface area contributed by atoms with Crippen molar-refractivity contribution in [1.82, 2.24) is 5.48 Å². The van der Waals surface area contributed by atoms with E-state index in [9.17, 15) is 4.79 Å². The van der Waals surface area contributed by atoms with Gasteiger partial charge in [0.25, 0.3) is 5.91 Å². The monoisotopic (exact) mass is 247 g/mol. The molecular weight excluding hydrogens is 234 g/mol. The maximum Gasteiger partial charge on any atom is 0.278 e. The first kappa shape index (κ1) is 13.5. The van der Waals surface area contributed by atoms with Crippen LogP contribution in [0.4, 0.5) is 0 Å². The first-order chi connectivity index (χ1) is 8.65. The minimum atomic E-state index is -0.719. The van der Waals surface area contributed by atoms with Crippen LogP contribution in [0.1, 0.15) is 10.4 Å². The molecule has 2 aromatic carbocycles. The maximum atomic E-state index is 10.7. The Morgan fingerprint density at radius 2 is 1.44 bits per heavy atom. The second-order valence-electron chi connectivity index (χ2n) is 3.29. The van der Waals surface area contributed by atoms with Gasteiger partial charge in [-0.2, -0.15) is 0 Å². The fraction of sp³-hybridized carbons (Fsp3) is 0. The summed E-state index contributed by atoms with van der Waals surface area (Å²) in [6.07, 6.45) is 0. The number of para-hydroxylation sites is 2. The third kappa shape index (κ3) is 4.15. The van der Waals surface area contributed by atoms with E-state index in [1.54, 1.807) is 36.4 Å². The molecule has 1 amide bonds. The highest BCUT2D eigenvalue weighted by Gasteiger charge is 2.07. The molecule has 5 heteroatoms. The zero-order chi connectivity index (χ0) is 13.4. The Balaban J connectivity index is 0.000000199. The van der Waals surface area contributed by atoms with Crippen molar-refractivity contribution in [2.75, 3.05) is 0 Å². The molecule has 0 aliphatic carbocycles. The van der Waals surface area contributed by atoms with E-state index in [4.69, 9.17) is 15.4 Å². The van der Waals surface area contributed by atoms with Gasteiger partial charge < -0.3 is 10.2 Å². The van der Waals surface area contributed by atoms with E-state index in [1.807, 2.05) is 6.07 Å². The average Bonchev–Trinajstić information content (AvgIpc) is 2.40. The molecule has 0 fully saturated rings. The molecule has 0 aromatic heterocycles. The van der Waals surface area contributed by atoms with Gasteiger partial charge in [0.05, 0.1) is 5.56 Å². The van der Waals surface area contributed by atoms with Gasteiger partial charge in [0.15, 0.2) is 0 Å². The van der Waals surface area contributed by atoms with Crippen LogP contribution < -0.4 is 5.48 Å². The van der Waals surface area contributed by atoms with E-state index in [0.717, 1.165) is 0 Å². The number of phenols is 2. The van der Waals surface area contributed by atoms with Crippen LogP contribution in [0.2, 0.25) is 0 Å². The van der Waals surface area contributed by atoms with Crippen molar-refractivity contribution in [3.05, 3.63) is 60.2 Å². The van der Waals surface area contributed by atoms with Gasteiger partial charge in [-0.05, 0) is 24.3 Å². The summed E-state index contributed by atoms with van der Waals surface area (Å²) in [4.78, 5) is 10.7. The van der Waals surface area contributed by atoms with Crippen molar-refractivity contribution in [3.8, 4) is 11.5 Å². The van der Waals surface area contributed by atoms with Crippen molar-refractivity contribution in [2.45, 2.75) is 0 Å². The highest BCUT2D eigenvalue weighted by atomic mass is 16.5. The molecule has 0 heterocycles. The Hall–Kier alpha value is -2.53. The Morgan fingerprint density at radius 1 is 0.889 bits per heavy atom. The SMILES string of the molecule is O=C(NO)c1ccccc1O.Oc1ccccc1. The average molecular weight is 247 g/mol. The zero-order valence-corrected chi connectivity index (χ0v) is 9.45. The number of hydroxylamine groups is 1. The number of phenolic OH excluding ortho intramolecular Hbond substituents is 2. The quantitative estimate of drug-likeness (QED) is 0.457. The van der Waals surface area contributed by atoms with E-state index in [-0.39, 0.29) is 11.3 Å². The van der Waals surface area contributed by atoms with Crippen molar-refractivity contribution in [3.63, 3.8) is 0 Å². The fourth-order valence-corrected chi connectivity index (χ4v) is 1.15. The van der Waals surface area contributed by atoms with Gasteiger partial charge >= 0.3 is 0 Å². The lowest BCUT2D eigenvalue weighted by Crippen LogP contribution is -2.18. The van der Waals surface area contributed by atoms with Crippen molar-refractivity contribution < 1.29 is 20.2 Å². The number of nitrogens with one attached hydrogen (secondary N) is 1. The number of benzene rings is 2. The third-order valence-electron chi connectivity index (χ3n) is 2.01. The van der Waals surface area contributed by atoms with Gasteiger partial charge in [0.1, 0.15) is 11.5 Å². The molecule has 0 unspecified atom stereocenters. The second kappa shape index (κ2) is 6.93. The molecule has 2 rings (SSSR count). The number of hydrogen-bond acceptors (Lipinski definition) is 4. The number of aromatic hydroxyl groups is 2. The van der Waals surface area contributed by atoms with Crippen LogP contribution >= 0.6 is 0 Å². The molecule has 18 heavy (non-hydrogen) atoms. The molecule has 0 saturated heterocycles. The van der Waals surface area contributed by atoms with Gasteiger partial charge in [0.2, 0.25) is 0 Å². The Kier molecular flexibility index (Phi) is 5.21. The third-order valence-corrected chi connectivity index (χ3v) is 2.01. The van der Waals surface area contributed by atoms with Crippen molar-refractivity contribution in [1.29, 1.82) is 0 Å². The molecule has 0 aliphatic heterocycles. The van der Waals surface area contributed by atoms with Crippen LogP contribution in [0.3, 0.4) is 0 Å². The summed E-state index contributed by atoms with van der Waals surface area (Å²) in [5.74, 6) is -0.551. The van der Waals surface area contributed by atoms with Gasteiger partial charge in [-0.3, -0.25) is 10.0 Å². The number of rotatable bonds is 1. The number of amides is 1. The smallest absolute Gasteiger partial charge is 0.278 e. The molecule has 0 aliphatic rings. The zero-order valence-electron chi connectivity index (χ0n) is 9.45. The first-order valence-corrected chi connectivity index (χ1v) is 5.11. The molecule has 4 N–H and O–H groups in total. The van der Waals surface area contributed by atoms with E-state index in [1.165, 1.54) is 17.6 Å². The van der Waals surface area contributed by atoms with Gasteiger partial charge in [-0.1, -0.05) is 30.3 Å². The van der Waals surface area contributed by atoms with Crippen LogP contribution in [0.15, 0.2) is 54.6 Å². The van der Waals surface area contributed by atoms with Gasteiger partial charge in [-0.25, -0.2) is 5.48 Å². The summed E-state index contributed by atoms with van der Waals surface area (Å²) in [6, 6.07) is 14.7. The van der Waals surface area contributed by atoms with Gasteiger partial charge in [0, 0.05) is 0 Å². The number of carbonyl (C=O) groups excluding carboxylic acids is 1. The lowest BCUT2D eigenvalue weighted by atomic mass is 10.2. The summed E-state index contributed by atoms with van der Waals surface area (Å²) in [5.41, 5.74) is 1.47. The highest BCUT2D eigenvalue weighted by Crippen LogP contribution is 2.14. The minimum Gasteiger partial charge on any atom is -0.508 e. The molecule has 94 valence electrons. The highest BCUT2D eigenvalue weighted by molar-refractivity contribution is 5.95. The molecule has 0 saturated carbocycles. The molecule has 0 radical (unpaired) electrons. The van der Waals surface area contributed by atoms with Crippen LogP contribution in [0, 0.1) is 0 Å². The Morgan fingerprint density at radius 3 is 1.89 bits per heavy atom. The first-order valence-electron chi connectivity index (χ1n) is 5.11. The van der Waals surface area contributed by atoms with E-state index in [0.29, 0.717) is 5.75 Å². The summed E-state index contributed by atoms with van der Waals surface area (Å²) in [5, 5.41) is 25.9. The summed E-state index contributed by atoms with van der Waals surface area (Å²) in [6.45, 7) is 0. The van der Waals surface area contributed by atoms with Crippen LogP contribution in [0.25, 0.3) is 0 Å². The Bertz CT molecular complexity index is 499. The lowest BCUT2D eigenvalue weighted by Gasteiger charge is -1.99. The minimum absolute atomic E-state index is 0.0509. The summed E-state index contributed by atoms with van der Waals surface area (Å²) >= 11 is 0. The van der Waals surface area contributed by atoms with E-state index < -0.39 is 5.91 Å². The second-order valence-corrected chi connectivity index (χ2v) is 3.29. The molecule has 0 spiro atoms. The van der Waals surface area contributed by atoms with Gasteiger partial charge in [-0.15, -0.1) is 0 Å². The van der Waals surface area contributed by atoms with Crippen molar-refractivity contribution >= 4 is 5.91 Å². The molecule has 0 bridgehead atoms. The predicted octanol–water partition coefficient (Wildman–Crippen LogP) is 1.90. The van der Waals surface area contributed by atoms with Crippen LogP contribution in [0.5, 0.6) is 11.5 Å². The normalized spacial score (nSPS) is 8.94. The standard InChI is InChI=1S/C7H7NO3.C6H6O/c9-6-4-2-1-3-5(6)7(10)8-11;7-6-4-2-1-3-5-6/h1-4,9,11H,(H,8,10);1-5,7H. The summed E-state index contributed by atoms with van der Waals surface area (Å²) in [7, 11) is 0. The fourth-order valence-electron chi connectivity index (χ4n) is 1.15. The largest absolute Gasteiger partial charge is 0.508 e. The predicted molar refractivity (Wildman–Crippen MR) is 65.5 cm³/mol. The molecule has 2 aromatic rings. The van der Waals surface area contributed by atoms with Crippen LogP contribution in [-0.2, 0) is 0 Å². The van der Waals surface area contributed by atoms with Crippen LogP contribution in [-0.4, -0.2) is 21.3 Å². The number of hydrogen-bond donors (Lipinski definition) is 4. The Labute approximate surface area is 104 Å². The molecule has 0 atom stereocenters. The topological polar surface area (TPSA) is 89.8 Å². The van der Waals surface area contributed by atoms with Crippen molar-refractivity contribution in [2.24, 2.45) is 0 Å². The summed E-state index contributed by atoms with van der Waals surface area (Å²) < 4.78 is 0. The lowest BCUT2D eigenvalue weighted by molar-refractivity contribution is 0.0703. The van der Waals surface area contributed by atoms with E-state index in [2.05, 4.69) is 0 Å². The molecule has 5 nitrogen and oxygen atoms in total. The maximum absolute atomic E-state index is 10.7. The van der Waals surface area contributed by atoms with E-state index >= 15 is 0 Å². The molecular formula is C13H13NO4. The number of carbonyl (C=O) groups is 1.